The number of aliphatic hydroxyl groups is 1. The average Bonchev–Trinajstić information content (AvgIpc) is 2.56. The standard InChI is InChI=1S/C17H28N2O3/c1-4-15(20)12-19-7-5-13(6-8-19)18-14-9-16(21-2)11-17(10-14)22-3/h9-11,13,15,18,20H,4-8,12H2,1-3H3/t15-/m1/s1. The van der Waals surface area contributed by atoms with Crippen molar-refractivity contribution in [3.8, 4) is 11.5 Å². The van der Waals surface area contributed by atoms with Crippen molar-refractivity contribution in [2.45, 2.75) is 38.3 Å². The summed E-state index contributed by atoms with van der Waals surface area (Å²) < 4.78 is 10.6. The molecule has 2 N–H and O–H groups in total. The van der Waals surface area contributed by atoms with Gasteiger partial charge in [0.2, 0.25) is 0 Å². The number of aliphatic hydroxyl groups excluding tert-OH is 1. The predicted molar refractivity (Wildman–Crippen MR) is 88.9 cm³/mol. The Balaban J connectivity index is 1.88. The van der Waals surface area contributed by atoms with Crippen molar-refractivity contribution >= 4 is 5.69 Å². The topological polar surface area (TPSA) is 54.0 Å². The van der Waals surface area contributed by atoms with E-state index in [0.717, 1.165) is 56.1 Å². The minimum atomic E-state index is -0.202. The first kappa shape index (κ1) is 16.9. The van der Waals surface area contributed by atoms with Crippen molar-refractivity contribution in [3.63, 3.8) is 0 Å². The highest BCUT2D eigenvalue weighted by atomic mass is 16.5. The Morgan fingerprint density at radius 3 is 2.27 bits per heavy atom. The van der Waals surface area contributed by atoms with Gasteiger partial charge in [0, 0.05) is 49.6 Å². The zero-order chi connectivity index (χ0) is 15.9. The fourth-order valence-electron chi connectivity index (χ4n) is 2.81. The predicted octanol–water partition coefficient (Wildman–Crippen LogP) is 2.35. The van der Waals surface area contributed by atoms with E-state index in [1.807, 2.05) is 25.1 Å². The third-order valence-corrected chi connectivity index (χ3v) is 4.25. The van der Waals surface area contributed by atoms with Gasteiger partial charge in [0.25, 0.3) is 0 Å². The lowest BCUT2D eigenvalue weighted by molar-refractivity contribution is 0.0962. The Hall–Kier alpha value is -1.46. The summed E-state index contributed by atoms with van der Waals surface area (Å²) in [6.45, 7) is 4.86. The van der Waals surface area contributed by atoms with E-state index in [0.29, 0.717) is 6.04 Å². The van der Waals surface area contributed by atoms with Crippen molar-refractivity contribution in [1.82, 2.24) is 4.90 Å². The van der Waals surface area contributed by atoms with E-state index in [1.54, 1.807) is 14.2 Å². The number of β-amino-alcohol motifs (C(OH)–C–C–N with tert-alkyl or cyclic N) is 1. The van der Waals surface area contributed by atoms with Gasteiger partial charge in [0.1, 0.15) is 11.5 Å². The van der Waals surface area contributed by atoms with Crippen LogP contribution in [-0.2, 0) is 0 Å². The van der Waals surface area contributed by atoms with Gasteiger partial charge in [-0.3, -0.25) is 0 Å². The zero-order valence-corrected chi connectivity index (χ0v) is 13.8. The molecule has 0 unspecified atom stereocenters. The fraction of sp³-hybridized carbons (Fsp3) is 0.647. The van der Waals surface area contributed by atoms with Gasteiger partial charge in [-0.2, -0.15) is 0 Å². The van der Waals surface area contributed by atoms with Crippen LogP contribution in [0.1, 0.15) is 26.2 Å². The van der Waals surface area contributed by atoms with E-state index in [4.69, 9.17) is 9.47 Å². The number of benzene rings is 1. The van der Waals surface area contributed by atoms with Crippen LogP contribution in [0.5, 0.6) is 11.5 Å². The minimum absolute atomic E-state index is 0.202. The summed E-state index contributed by atoms with van der Waals surface area (Å²) in [6, 6.07) is 6.32. The molecule has 1 atom stereocenters. The van der Waals surface area contributed by atoms with E-state index in [2.05, 4.69) is 10.2 Å². The molecule has 0 radical (unpaired) electrons. The summed E-state index contributed by atoms with van der Waals surface area (Å²) in [5, 5.41) is 13.3. The van der Waals surface area contributed by atoms with E-state index >= 15 is 0 Å². The van der Waals surface area contributed by atoms with E-state index in [1.165, 1.54) is 0 Å². The summed E-state index contributed by atoms with van der Waals surface area (Å²) in [4.78, 5) is 2.35. The lowest BCUT2D eigenvalue weighted by atomic mass is 10.0. The van der Waals surface area contributed by atoms with Gasteiger partial charge in [-0.1, -0.05) is 6.92 Å². The van der Waals surface area contributed by atoms with E-state index < -0.39 is 0 Å². The molecule has 2 rings (SSSR count). The molecule has 1 aliphatic heterocycles. The molecule has 124 valence electrons. The molecule has 0 aliphatic carbocycles. The van der Waals surface area contributed by atoms with Crippen LogP contribution < -0.4 is 14.8 Å². The number of nitrogens with one attached hydrogen (secondary N) is 1. The number of piperidine rings is 1. The molecular weight excluding hydrogens is 280 g/mol. The Morgan fingerprint density at radius 1 is 1.18 bits per heavy atom. The average molecular weight is 308 g/mol. The third-order valence-electron chi connectivity index (χ3n) is 4.25. The summed E-state index contributed by atoms with van der Waals surface area (Å²) in [6.07, 6.45) is 2.78. The minimum Gasteiger partial charge on any atom is -0.497 e. The van der Waals surface area contributed by atoms with Gasteiger partial charge in [0.05, 0.1) is 20.3 Å². The summed E-state index contributed by atoms with van der Waals surface area (Å²) in [5.74, 6) is 1.59. The second-order valence-electron chi connectivity index (χ2n) is 5.88. The first-order valence-corrected chi connectivity index (χ1v) is 8.04. The maximum atomic E-state index is 9.74. The number of hydrogen-bond donors (Lipinski definition) is 2. The molecule has 1 saturated heterocycles. The molecule has 1 aromatic carbocycles. The second-order valence-corrected chi connectivity index (χ2v) is 5.88. The highest BCUT2D eigenvalue weighted by molar-refractivity contribution is 5.54. The van der Waals surface area contributed by atoms with Crippen LogP contribution in [0.2, 0.25) is 0 Å². The van der Waals surface area contributed by atoms with Crippen molar-refractivity contribution in [3.05, 3.63) is 18.2 Å². The van der Waals surface area contributed by atoms with Crippen molar-refractivity contribution in [2.75, 3.05) is 39.2 Å². The van der Waals surface area contributed by atoms with Crippen LogP contribution in [-0.4, -0.2) is 56.0 Å². The SMILES string of the molecule is CC[C@@H](O)CN1CCC(Nc2cc(OC)cc(OC)c2)CC1. The van der Waals surface area contributed by atoms with Crippen molar-refractivity contribution in [1.29, 1.82) is 0 Å². The Bertz CT molecular complexity index is 437. The molecule has 5 heteroatoms. The molecule has 22 heavy (non-hydrogen) atoms. The van der Waals surface area contributed by atoms with Crippen LogP contribution >= 0.6 is 0 Å². The summed E-state index contributed by atoms with van der Waals surface area (Å²) in [7, 11) is 3.33. The van der Waals surface area contributed by atoms with Gasteiger partial charge in [-0.05, 0) is 19.3 Å². The molecule has 0 saturated carbocycles. The molecule has 0 amide bonds. The van der Waals surface area contributed by atoms with Gasteiger partial charge in [-0.15, -0.1) is 0 Å². The lowest BCUT2D eigenvalue weighted by Gasteiger charge is -2.33. The molecule has 0 aromatic heterocycles. The summed E-state index contributed by atoms with van der Waals surface area (Å²) in [5.41, 5.74) is 1.03. The van der Waals surface area contributed by atoms with Gasteiger partial charge in [0.15, 0.2) is 0 Å². The van der Waals surface area contributed by atoms with Crippen LogP contribution in [0.4, 0.5) is 5.69 Å². The number of methoxy groups -OCH3 is 2. The van der Waals surface area contributed by atoms with Crippen molar-refractivity contribution in [2.24, 2.45) is 0 Å². The van der Waals surface area contributed by atoms with Gasteiger partial charge >= 0.3 is 0 Å². The Kier molecular flexibility index (Phi) is 6.34. The molecule has 1 heterocycles. The second kappa shape index (κ2) is 8.25. The van der Waals surface area contributed by atoms with Crippen LogP contribution in [0.3, 0.4) is 0 Å². The van der Waals surface area contributed by atoms with Gasteiger partial charge in [-0.25, -0.2) is 0 Å². The number of ether oxygens (including phenoxy) is 2. The number of rotatable bonds is 7. The smallest absolute Gasteiger partial charge is 0.124 e. The monoisotopic (exact) mass is 308 g/mol. The highest BCUT2D eigenvalue weighted by Crippen LogP contribution is 2.27. The van der Waals surface area contributed by atoms with E-state index in [-0.39, 0.29) is 6.10 Å². The normalized spacial score (nSPS) is 18.0. The third kappa shape index (κ3) is 4.78. The van der Waals surface area contributed by atoms with Crippen molar-refractivity contribution < 1.29 is 14.6 Å². The molecule has 1 aliphatic rings. The molecular formula is C17H28N2O3. The molecule has 1 aromatic rings. The summed E-state index contributed by atoms with van der Waals surface area (Å²) >= 11 is 0. The maximum absolute atomic E-state index is 9.74. The lowest BCUT2D eigenvalue weighted by Crippen LogP contribution is -2.42. The molecule has 0 spiro atoms. The quantitative estimate of drug-likeness (QED) is 0.810. The van der Waals surface area contributed by atoms with Gasteiger partial charge < -0.3 is 24.8 Å². The fourth-order valence-corrected chi connectivity index (χ4v) is 2.81. The highest BCUT2D eigenvalue weighted by Gasteiger charge is 2.20. The largest absolute Gasteiger partial charge is 0.497 e. The number of hydrogen-bond acceptors (Lipinski definition) is 5. The number of likely N-dealkylation sites (tertiary alicyclic amines) is 1. The molecule has 1 fully saturated rings. The Labute approximate surface area is 133 Å². The van der Waals surface area contributed by atoms with Crippen LogP contribution in [0.25, 0.3) is 0 Å². The first-order valence-electron chi connectivity index (χ1n) is 8.04. The number of nitrogens with zero attached hydrogens (tertiary/aromatic N) is 1. The first-order chi connectivity index (χ1) is 10.6. The zero-order valence-electron chi connectivity index (χ0n) is 13.8. The molecule has 5 nitrogen and oxygen atoms in total. The van der Waals surface area contributed by atoms with Crippen LogP contribution in [0, 0.1) is 0 Å². The maximum Gasteiger partial charge on any atom is 0.124 e. The Morgan fingerprint density at radius 2 is 1.77 bits per heavy atom. The number of anilines is 1. The molecule has 0 bridgehead atoms. The van der Waals surface area contributed by atoms with Crippen LogP contribution in [0.15, 0.2) is 18.2 Å². The van der Waals surface area contributed by atoms with E-state index in [9.17, 15) is 5.11 Å².